The van der Waals surface area contributed by atoms with Crippen molar-refractivity contribution in [3.63, 3.8) is 0 Å². The molecule has 61 heavy (non-hydrogen) atoms. The molecule has 16 heteroatoms. The second-order valence-electron chi connectivity index (χ2n) is 14.3. The molecule has 0 aliphatic heterocycles. The van der Waals surface area contributed by atoms with Crippen LogP contribution in [0.5, 0.6) is 0 Å². The van der Waals surface area contributed by atoms with Crippen LogP contribution in [0.3, 0.4) is 0 Å². The molecule has 0 bridgehead atoms. The van der Waals surface area contributed by atoms with Gasteiger partial charge < -0.3 is 15.0 Å². The van der Waals surface area contributed by atoms with Crippen LogP contribution in [-0.2, 0) is 10.0 Å². The van der Waals surface area contributed by atoms with E-state index in [4.69, 9.17) is 16.6 Å². The van der Waals surface area contributed by atoms with E-state index in [-0.39, 0.29) is 17.1 Å². The quantitative estimate of drug-likeness (QED) is 0.0873. The maximum absolute atomic E-state index is 15.1. The van der Waals surface area contributed by atoms with Crippen molar-refractivity contribution in [2.45, 2.75) is 20.3 Å². The van der Waals surface area contributed by atoms with Gasteiger partial charge in [0.2, 0.25) is 15.8 Å². The lowest BCUT2D eigenvalue weighted by atomic mass is 10.00. The largest absolute Gasteiger partial charge is 0.358 e. The average Bonchev–Trinajstić information content (AvgIpc) is 3.97. The summed E-state index contributed by atoms with van der Waals surface area (Å²) in [4.78, 5) is 41.1. The number of rotatable bonds is 8. The summed E-state index contributed by atoms with van der Waals surface area (Å²) in [5.74, 6) is -3.14. The first kappa shape index (κ1) is 39.4. The minimum Gasteiger partial charge on any atom is -0.358 e. The summed E-state index contributed by atoms with van der Waals surface area (Å²) in [6.45, 7) is 3.62. The third-order valence-corrected chi connectivity index (χ3v) is 12.0. The molecular weight excluding hydrogens is 825 g/mol. The van der Waals surface area contributed by atoms with Crippen molar-refractivity contribution in [2.24, 2.45) is 0 Å². The second-order valence-corrected chi connectivity index (χ2v) is 16.6. The third-order valence-electron chi connectivity index (χ3n) is 10.3. The highest BCUT2D eigenvalue weighted by Crippen LogP contribution is 2.37. The van der Waals surface area contributed by atoms with Gasteiger partial charge in [-0.3, -0.25) is 19.5 Å². The number of halogens is 4. The van der Waals surface area contributed by atoms with Gasteiger partial charge in [-0.2, -0.15) is 0 Å². The number of nitrogens with one attached hydrogen (secondary N) is 4. The number of hydrogen-bond donors (Lipinski definition) is 4. The Morgan fingerprint density at radius 2 is 1.54 bits per heavy atom. The van der Waals surface area contributed by atoms with E-state index in [1.165, 1.54) is 12.3 Å². The summed E-state index contributed by atoms with van der Waals surface area (Å²) in [6, 6.07) is 23.0. The van der Waals surface area contributed by atoms with Gasteiger partial charge in [0.25, 0.3) is 0 Å². The lowest BCUT2D eigenvalue weighted by Crippen LogP contribution is -2.18. The average molecular weight is 857 g/mol. The minimum atomic E-state index is -3.84. The SMILES string of the molecule is CCCS(=O)(=O)Nc1ccc(F)c(C(=O)c2c[nH]c3ncc(-c4ccc(Cl)cc4)cc23)c1F.Cc1[nH]c2ccc(F)cc2c1-c1nc2c3cccnc3c3ncccc3c2[nH]1. The Labute approximate surface area is 350 Å². The number of carbonyl (C=O) groups is 1. The first-order chi connectivity index (χ1) is 29.4. The van der Waals surface area contributed by atoms with Crippen molar-refractivity contribution in [2.75, 3.05) is 10.5 Å². The van der Waals surface area contributed by atoms with Crippen molar-refractivity contribution in [3.05, 3.63) is 149 Å². The molecule has 6 heterocycles. The Bertz CT molecular complexity index is 3400. The number of anilines is 1. The van der Waals surface area contributed by atoms with E-state index < -0.39 is 38.7 Å². The lowest BCUT2D eigenvalue weighted by Gasteiger charge is -2.11. The van der Waals surface area contributed by atoms with Crippen molar-refractivity contribution >= 4 is 87.9 Å². The molecule has 10 rings (SSSR count). The maximum atomic E-state index is 15.1. The van der Waals surface area contributed by atoms with Crippen molar-refractivity contribution in [1.82, 2.24) is 34.9 Å². The molecule has 11 nitrogen and oxygen atoms in total. The fraction of sp³-hybridized carbons (Fsp3) is 0.0889. The first-order valence-corrected chi connectivity index (χ1v) is 21.0. The Balaban J connectivity index is 0.000000158. The van der Waals surface area contributed by atoms with Crippen molar-refractivity contribution in [1.29, 1.82) is 0 Å². The van der Waals surface area contributed by atoms with E-state index in [9.17, 15) is 22.0 Å². The Morgan fingerprint density at radius 1 is 0.803 bits per heavy atom. The summed E-state index contributed by atoms with van der Waals surface area (Å²) in [5.41, 5.74) is 6.57. The number of benzene rings is 4. The monoisotopic (exact) mass is 856 g/mol. The molecule has 0 radical (unpaired) electrons. The molecule has 0 atom stereocenters. The molecule has 0 saturated carbocycles. The predicted molar refractivity (Wildman–Crippen MR) is 233 cm³/mol. The fourth-order valence-electron chi connectivity index (χ4n) is 7.52. The van der Waals surface area contributed by atoms with Gasteiger partial charge in [0.05, 0.1) is 39.1 Å². The number of aryl methyl sites for hydroxylation is 1. The van der Waals surface area contributed by atoms with Crippen LogP contribution in [-0.4, -0.2) is 54.8 Å². The normalized spacial score (nSPS) is 11.8. The number of imidazole rings is 1. The Kier molecular flexibility index (Phi) is 10.00. The summed E-state index contributed by atoms with van der Waals surface area (Å²) < 4.78 is 69.7. The number of aromatic nitrogens is 7. The van der Waals surface area contributed by atoms with E-state index in [0.717, 1.165) is 72.7 Å². The molecule has 0 saturated heterocycles. The second kappa shape index (κ2) is 15.5. The van der Waals surface area contributed by atoms with Gasteiger partial charge in [-0.05, 0) is 91.7 Å². The lowest BCUT2D eigenvalue weighted by molar-refractivity contribution is 0.103. The Morgan fingerprint density at radius 3 is 2.30 bits per heavy atom. The number of hydrogen-bond acceptors (Lipinski definition) is 7. The summed E-state index contributed by atoms with van der Waals surface area (Å²) in [7, 11) is -3.84. The predicted octanol–water partition coefficient (Wildman–Crippen LogP) is 10.8. The minimum absolute atomic E-state index is 0.000297. The highest BCUT2D eigenvalue weighted by atomic mass is 35.5. The molecular formula is C45H32ClF3N8O3S. The number of aromatic amines is 3. The molecule has 6 aromatic heterocycles. The molecule has 0 fully saturated rings. The van der Waals surface area contributed by atoms with Crippen LogP contribution in [0.2, 0.25) is 5.02 Å². The molecule has 4 N–H and O–H groups in total. The Hall–Kier alpha value is -7.10. The molecule has 304 valence electrons. The zero-order chi connectivity index (χ0) is 42.6. The van der Waals surface area contributed by atoms with Gasteiger partial charge in [0.1, 0.15) is 23.1 Å². The van der Waals surface area contributed by atoms with Crippen LogP contribution < -0.4 is 4.72 Å². The summed E-state index contributed by atoms with van der Waals surface area (Å²) >= 11 is 5.93. The van der Waals surface area contributed by atoms with Crippen LogP contribution >= 0.6 is 11.6 Å². The number of fused-ring (bicyclic) bond motifs is 8. The fourth-order valence-corrected chi connectivity index (χ4v) is 8.78. The van der Waals surface area contributed by atoms with Crippen LogP contribution in [0.15, 0.2) is 110 Å². The van der Waals surface area contributed by atoms with Gasteiger partial charge in [-0.1, -0.05) is 30.7 Å². The number of carbonyl (C=O) groups excluding carboxylic acids is 1. The van der Waals surface area contributed by atoms with Crippen LogP contribution in [0.4, 0.5) is 18.9 Å². The summed E-state index contributed by atoms with van der Waals surface area (Å²) in [5, 5.41) is 3.64. The summed E-state index contributed by atoms with van der Waals surface area (Å²) in [6.07, 6.45) is 6.76. The number of nitrogens with zero attached hydrogens (tertiary/aromatic N) is 4. The van der Waals surface area contributed by atoms with Crippen LogP contribution in [0.1, 0.15) is 35.0 Å². The van der Waals surface area contributed by atoms with E-state index >= 15 is 4.39 Å². The van der Waals surface area contributed by atoms with Gasteiger partial charge in [0.15, 0.2) is 5.82 Å². The van der Waals surface area contributed by atoms with E-state index in [1.54, 1.807) is 68.0 Å². The first-order valence-electron chi connectivity index (χ1n) is 19.0. The standard InChI is InChI=1S/C23H18ClF2N3O3S.C22H14FN5/c1-2-9-33(31,32)29-19-8-7-18(25)20(21(19)26)22(30)17-12-28-23-16(17)10-14(11-27-23)13-3-5-15(24)6-4-13;1-11-17(15-10-12(23)6-7-16(15)26-11)22-27-20-13-4-2-8-24-18(13)19-14(21(20)28-22)5-3-9-25-19/h3-8,10-12,29H,2,9H2,1H3,(H,27,28);2-10,26H,1H3,(H,27,28). The van der Waals surface area contributed by atoms with Gasteiger partial charge in [-0.25, -0.2) is 31.6 Å². The van der Waals surface area contributed by atoms with Gasteiger partial charge in [-0.15, -0.1) is 0 Å². The molecule has 0 aliphatic rings. The van der Waals surface area contributed by atoms with E-state index in [0.29, 0.717) is 33.9 Å². The third kappa shape index (κ3) is 7.21. The molecule has 0 amide bonds. The van der Waals surface area contributed by atoms with Crippen molar-refractivity contribution in [3.8, 4) is 22.5 Å². The van der Waals surface area contributed by atoms with Crippen LogP contribution in [0.25, 0.3) is 77.3 Å². The number of ketones is 1. The smallest absolute Gasteiger partial charge is 0.232 e. The number of sulfonamides is 1. The topological polar surface area (TPSA) is 162 Å². The van der Waals surface area contributed by atoms with Gasteiger partial charge in [0, 0.05) is 79.3 Å². The van der Waals surface area contributed by atoms with Crippen LogP contribution in [0, 0.1) is 24.4 Å². The molecule has 10 aromatic rings. The molecule has 0 unspecified atom stereocenters. The molecule has 0 aliphatic carbocycles. The number of pyridine rings is 3. The zero-order valence-electron chi connectivity index (χ0n) is 32.2. The highest BCUT2D eigenvalue weighted by Gasteiger charge is 2.26. The zero-order valence-corrected chi connectivity index (χ0v) is 33.8. The maximum Gasteiger partial charge on any atom is 0.232 e. The van der Waals surface area contributed by atoms with E-state index in [2.05, 4.69) is 34.6 Å². The number of H-pyrrole nitrogens is 3. The molecule has 4 aromatic carbocycles. The molecule has 0 spiro atoms. The van der Waals surface area contributed by atoms with Crippen molar-refractivity contribution < 1.29 is 26.4 Å². The highest BCUT2D eigenvalue weighted by molar-refractivity contribution is 7.92. The van der Waals surface area contributed by atoms with Gasteiger partial charge >= 0.3 is 0 Å². The van der Waals surface area contributed by atoms with E-state index in [1.807, 2.05) is 31.2 Å².